The van der Waals surface area contributed by atoms with Crippen molar-refractivity contribution in [2.75, 3.05) is 11.9 Å². The van der Waals surface area contributed by atoms with E-state index in [1.165, 1.54) is 0 Å². The van der Waals surface area contributed by atoms with E-state index in [0.29, 0.717) is 5.69 Å². The number of amides is 2. The number of aromatic nitrogens is 2. The van der Waals surface area contributed by atoms with Crippen molar-refractivity contribution in [3.63, 3.8) is 0 Å². The molecule has 0 radical (unpaired) electrons. The molecule has 0 saturated carbocycles. The Balaban J connectivity index is 1.80. The van der Waals surface area contributed by atoms with Crippen molar-refractivity contribution in [2.45, 2.75) is 32.9 Å². The molecule has 3 rings (SSSR count). The molecule has 0 saturated heterocycles. The first-order chi connectivity index (χ1) is 13.9. The van der Waals surface area contributed by atoms with Gasteiger partial charge in [0.2, 0.25) is 5.91 Å². The number of benzene rings is 2. The van der Waals surface area contributed by atoms with Gasteiger partial charge in [0.05, 0.1) is 30.1 Å². The number of aliphatic hydroxyl groups is 1. The largest absolute Gasteiger partial charge is 0.447 e. The summed E-state index contributed by atoms with van der Waals surface area (Å²) in [6.07, 6.45) is 0.660. The lowest BCUT2D eigenvalue weighted by Gasteiger charge is -2.17. The Morgan fingerprint density at radius 1 is 1.21 bits per heavy atom. The third-order valence-electron chi connectivity index (χ3n) is 4.22. The Bertz CT molecular complexity index is 1030. The SMILES string of the molecule is Cc1cccc(-n2ncc3ccc(NC(=O)[C@H](CO)NC(=O)OC(C)C)cc32)c1. The van der Waals surface area contributed by atoms with Crippen LogP contribution >= 0.6 is 0 Å². The molecule has 1 heterocycles. The Hall–Kier alpha value is -3.39. The van der Waals surface area contributed by atoms with E-state index in [1.807, 2.05) is 37.3 Å². The summed E-state index contributed by atoms with van der Waals surface area (Å²) in [5.41, 5.74) is 3.37. The summed E-state index contributed by atoms with van der Waals surface area (Å²) < 4.78 is 6.74. The smallest absolute Gasteiger partial charge is 0.408 e. The average molecular weight is 396 g/mol. The first kappa shape index (κ1) is 20.3. The van der Waals surface area contributed by atoms with Crippen LogP contribution in [-0.4, -0.2) is 45.6 Å². The fraction of sp³-hybridized carbons (Fsp3) is 0.286. The average Bonchev–Trinajstić information content (AvgIpc) is 3.08. The van der Waals surface area contributed by atoms with E-state index >= 15 is 0 Å². The summed E-state index contributed by atoms with van der Waals surface area (Å²) >= 11 is 0. The molecule has 8 heteroatoms. The highest BCUT2D eigenvalue weighted by atomic mass is 16.6. The van der Waals surface area contributed by atoms with Gasteiger partial charge in [-0.1, -0.05) is 12.1 Å². The number of carbonyl (C=O) groups is 2. The predicted octanol–water partition coefficient (Wildman–Crippen LogP) is 2.77. The molecule has 0 aliphatic rings. The number of hydrogen-bond donors (Lipinski definition) is 3. The summed E-state index contributed by atoms with van der Waals surface area (Å²) in [6, 6.07) is 12.2. The minimum Gasteiger partial charge on any atom is -0.447 e. The number of anilines is 1. The molecule has 1 atom stereocenters. The maximum atomic E-state index is 12.5. The van der Waals surface area contributed by atoms with Crippen molar-refractivity contribution in [2.24, 2.45) is 0 Å². The van der Waals surface area contributed by atoms with Crippen molar-refractivity contribution in [3.05, 3.63) is 54.2 Å². The van der Waals surface area contributed by atoms with Crippen LogP contribution in [-0.2, 0) is 9.53 Å². The van der Waals surface area contributed by atoms with Gasteiger partial charge in [0.25, 0.3) is 0 Å². The minimum absolute atomic E-state index is 0.332. The van der Waals surface area contributed by atoms with Gasteiger partial charge in [-0.2, -0.15) is 5.10 Å². The van der Waals surface area contributed by atoms with Gasteiger partial charge in [-0.05, 0) is 56.7 Å². The molecule has 3 aromatic rings. The third kappa shape index (κ3) is 4.91. The van der Waals surface area contributed by atoms with E-state index in [0.717, 1.165) is 22.2 Å². The first-order valence-electron chi connectivity index (χ1n) is 9.31. The molecular weight excluding hydrogens is 372 g/mol. The summed E-state index contributed by atoms with van der Waals surface area (Å²) in [4.78, 5) is 24.2. The molecule has 1 aromatic heterocycles. The van der Waals surface area contributed by atoms with Gasteiger partial charge >= 0.3 is 6.09 Å². The maximum Gasteiger partial charge on any atom is 0.408 e. The number of aryl methyl sites for hydroxylation is 1. The van der Waals surface area contributed by atoms with Crippen molar-refractivity contribution in [3.8, 4) is 5.69 Å². The van der Waals surface area contributed by atoms with E-state index < -0.39 is 24.6 Å². The van der Waals surface area contributed by atoms with E-state index in [2.05, 4.69) is 15.7 Å². The molecule has 0 aliphatic heterocycles. The molecule has 2 amide bonds. The zero-order valence-corrected chi connectivity index (χ0v) is 16.5. The number of alkyl carbamates (subject to hydrolysis) is 1. The second kappa shape index (κ2) is 8.74. The number of hydrogen-bond acceptors (Lipinski definition) is 5. The van der Waals surface area contributed by atoms with Gasteiger partial charge in [0.15, 0.2) is 0 Å². The van der Waals surface area contributed by atoms with Crippen LogP contribution in [0.3, 0.4) is 0 Å². The molecule has 0 aliphatic carbocycles. The molecule has 2 aromatic carbocycles. The second-order valence-electron chi connectivity index (χ2n) is 6.99. The van der Waals surface area contributed by atoms with Crippen LogP contribution in [0.5, 0.6) is 0 Å². The molecule has 29 heavy (non-hydrogen) atoms. The lowest BCUT2D eigenvalue weighted by molar-refractivity contribution is -0.119. The Morgan fingerprint density at radius 2 is 2.00 bits per heavy atom. The van der Waals surface area contributed by atoms with Gasteiger partial charge in [-0.15, -0.1) is 0 Å². The number of fused-ring (bicyclic) bond motifs is 1. The highest BCUT2D eigenvalue weighted by molar-refractivity contribution is 5.98. The van der Waals surface area contributed by atoms with E-state index in [-0.39, 0.29) is 6.10 Å². The molecule has 3 N–H and O–H groups in total. The molecule has 152 valence electrons. The third-order valence-corrected chi connectivity index (χ3v) is 4.22. The van der Waals surface area contributed by atoms with Crippen molar-refractivity contribution >= 4 is 28.6 Å². The minimum atomic E-state index is -1.13. The Labute approximate surface area is 168 Å². The lowest BCUT2D eigenvalue weighted by atomic mass is 10.2. The van der Waals surface area contributed by atoms with Crippen LogP contribution in [0.4, 0.5) is 10.5 Å². The van der Waals surface area contributed by atoms with Crippen molar-refractivity contribution in [1.82, 2.24) is 15.1 Å². The predicted molar refractivity (Wildman–Crippen MR) is 110 cm³/mol. The van der Waals surface area contributed by atoms with E-state index in [4.69, 9.17) is 4.74 Å². The molecule has 0 spiro atoms. The highest BCUT2D eigenvalue weighted by Crippen LogP contribution is 2.22. The number of carbonyl (C=O) groups excluding carboxylic acids is 2. The fourth-order valence-corrected chi connectivity index (χ4v) is 2.88. The number of rotatable bonds is 6. The standard InChI is InChI=1S/C21H24N4O4/c1-13(2)29-21(28)24-18(12-26)20(27)23-16-8-7-15-11-22-25(19(15)10-16)17-6-4-5-14(3)9-17/h4-11,13,18,26H,12H2,1-3H3,(H,23,27)(H,24,28)/t18-/m0/s1. The second-order valence-corrected chi connectivity index (χ2v) is 6.99. The number of nitrogens with one attached hydrogen (secondary N) is 2. The zero-order chi connectivity index (χ0) is 21.0. The van der Waals surface area contributed by atoms with Crippen molar-refractivity contribution < 1.29 is 19.4 Å². The zero-order valence-electron chi connectivity index (χ0n) is 16.5. The summed E-state index contributed by atoms with van der Waals surface area (Å²) in [5.74, 6) is -0.547. The Morgan fingerprint density at radius 3 is 2.69 bits per heavy atom. The Kier molecular flexibility index (Phi) is 6.13. The summed E-state index contributed by atoms with van der Waals surface area (Å²) in [5, 5.41) is 19.9. The van der Waals surface area contributed by atoms with Gasteiger partial charge in [-0.3, -0.25) is 4.79 Å². The van der Waals surface area contributed by atoms with Gasteiger partial charge in [0.1, 0.15) is 6.04 Å². The lowest BCUT2D eigenvalue weighted by Crippen LogP contribution is -2.46. The number of ether oxygens (including phenoxy) is 1. The topological polar surface area (TPSA) is 105 Å². The molecular formula is C21H24N4O4. The van der Waals surface area contributed by atoms with Crippen LogP contribution in [0.15, 0.2) is 48.7 Å². The van der Waals surface area contributed by atoms with Gasteiger partial charge in [0, 0.05) is 11.1 Å². The van der Waals surface area contributed by atoms with Crippen LogP contribution < -0.4 is 10.6 Å². The molecule has 0 unspecified atom stereocenters. The highest BCUT2D eigenvalue weighted by Gasteiger charge is 2.21. The van der Waals surface area contributed by atoms with Gasteiger partial charge < -0.3 is 20.5 Å². The normalized spacial score (nSPS) is 12.0. The number of nitrogens with zero attached hydrogens (tertiary/aromatic N) is 2. The quantitative estimate of drug-likeness (QED) is 0.594. The van der Waals surface area contributed by atoms with Crippen LogP contribution in [0.25, 0.3) is 16.6 Å². The van der Waals surface area contributed by atoms with E-state index in [9.17, 15) is 14.7 Å². The summed E-state index contributed by atoms with van der Waals surface area (Å²) in [6.45, 7) is 4.84. The maximum absolute atomic E-state index is 12.5. The van der Waals surface area contributed by atoms with Crippen molar-refractivity contribution in [1.29, 1.82) is 0 Å². The van der Waals surface area contributed by atoms with Crippen LogP contribution in [0.2, 0.25) is 0 Å². The molecule has 8 nitrogen and oxygen atoms in total. The number of aliphatic hydroxyl groups excluding tert-OH is 1. The molecule has 0 fully saturated rings. The monoisotopic (exact) mass is 396 g/mol. The van der Waals surface area contributed by atoms with E-state index in [1.54, 1.807) is 36.9 Å². The molecule has 0 bridgehead atoms. The van der Waals surface area contributed by atoms with Crippen LogP contribution in [0, 0.1) is 6.92 Å². The fourth-order valence-electron chi connectivity index (χ4n) is 2.88. The summed E-state index contributed by atoms with van der Waals surface area (Å²) in [7, 11) is 0. The first-order valence-corrected chi connectivity index (χ1v) is 9.31. The van der Waals surface area contributed by atoms with Gasteiger partial charge in [-0.25, -0.2) is 9.48 Å². The van der Waals surface area contributed by atoms with Crippen LogP contribution in [0.1, 0.15) is 19.4 Å².